The predicted octanol–water partition coefficient (Wildman–Crippen LogP) is 3.61. The number of nitrogens with one attached hydrogen (secondary N) is 1. The molecular formula is C20H30Cl2N4O. The van der Waals surface area contributed by atoms with Crippen LogP contribution in [-0.2, 0) is 6.54 Å². The fourth-order valence-electron chi connectivity index (χ4n) is 3.67. The zero-order valence-corrected chi connectivity index (χ0v) is 17.9. The van der Waals surface area contributed by atoms with Gasteiger partial charge in [0.05, 0.1) is 17.8 Å². The number of amides is 1. The molecule has 0 spiro atoms. The van der Waals surface area contributed by atoms with Crippen LogP contribution in [0.2, 0.25) is 0 Å². The molecule has 1 fully saturated rings. The van der Waals surface area contributed by atoms with Crippen molar-refractivity contribution in [3.05, 3.63) is 53.1 Å². The molecule has 3 rings (SSSR count). The van der Waals surface area contributed by atoms with Gasteiger partial charge in [-0.15, -0.1) is 24.8 Å². The van der Waals surface area contributed by atoms with Crippen LogP contribution >= 0.6 is 24.8 Å². The Balaban J connectivity index is 0.00000182. The van der Waals surface area contributed by atoms with Crippen LogP contribution in [0, 0.1) is 13.8 Å². The average Bonchev–Trinajstić information content (AvgIpc) is 3.24. The normalized spacial score (nSPS) is 15.7. The first kappa shape index (κ1) is 23.5. The number of hydrogen-bond acceptors (Lipinski definition) is 3. The van der Waals surface area contributed by atoms with E-state index in [1.54, 1.807) is 0 Å². The number of aromatic nitrogens is 2. The highest BCUT2D eigenvalue weighted by atomic mass is 35.5. The Hall–Kier alpha value is -1.56. The van der Waals surface area contributed by atoms with Gasteiger partial charge in [-0.1, -0.05) is 13.0 Å². The van der Waals surface area contributed by atoms with Gasteiger partial charge < -0.3 is 14.8 Å². The third-order valence-corrected chi connectivity index (χ3v) is 5.05. The molecule has 2 aromatic rings. The van der Waals surface area contributed by atoms with Crippen LogP contribution in [-0.4, -0.2) is 46.0 Å². The monoisotopic (exact) mass is 412 g/mol. The lowest BCUT2D eigenvalue weighted by molar-refractivity contribution is 0.0691. The summed E-state index contributed by atoms with van der Waals surface area (Å²) in [7, 11) is 0. The van der Waals surface area contributed by atoms with Crippen LogP contribution in [0.15, 0.2) is 30.5 Å². The van der Waals surface area contributed by atoms with E-state index in [0.717, 1.165) is 55.1 Å². The Labute approximate surface area is 174 Å². The predicted molar refractivity (Wildman–Crippen MR) is 114 cm³/mol. The molecule has 1 atom stereocenters. The Bertz CT molecular complexity index is 727. The van der Waals surface area contributed by atoms with Gasteiger partial charge in [0.1, 0.15) is 0 Å². The molecule has 2 aromatic heterocycles. The van der Waals surface area contributed by atoms with E-state index in [1.165, 1.54) is 0 Å². The topological polar surface area (TPSA) is 50.2 Å². The molecule has 150 valence electrons. The lowest BCUT2D eigenvalue weighted by Gasteiger charge is -2.28. The Kier molecular flexibility index (Phi) is 9.30. The van der Waals surface area contributed by atoms with E-state index in [1.807, 2.05) is 37.4 Å². The first-order valence-corrected chi connectivity index (χ1v) is 9.20. The molecular weight excluding hydrogens is 383 g/mol. The van der Waals surface area contributed by atoms with Gasteiger partial charge >= 0.3 is 0 Å². The lowest BCUT2D eigenvalue weighted by atomic mass is 10.1. The van der Waals surface area contributed by atoms with Crippen LogP contribution < -0.4 is 5.32 Å². The molecule has 0 saturated carbocycles. The Morgan fingerprint density at radius 3 is 2.70 bits per heavy atom. The maximum absolute atomic E-state index is 13.2. The van der Waals surface area contributed by atoms with Crippen molar-refractivity contribution in [3.63, 3.8) is 0 Å². The van der Waals surface area contributed by atoms with E-state index in [2.05, 4.69) is 33.6 Å². The second-order valence-corrected chi connectivity index (χ2v) is 6.84. The Morgan fingerprint density at radius 1 is 1.33 bits per heavy atom. The van der Waals surface area contributed by atoms with Crippen molar-refractivity contribution in [2.45, 2.75) is 46.2 Å². The minimum atomic E-state index is 0. The van der Waals surface area contributed by atoms with Gasteiger partial charge in [0.25, 0.3) is 5.91 Å². The van der Waals surface area contributed by atoms with E-state index < -0.39 is 0 Å². The number of hydrogen-bond donors (Lipinski definition) is 1. The summed E-state index contributed by atoms with van der Waals surface area (Å²) in [5, 5.41) is 3.37. The summed E-state index contributed by atoms with van der Waals surface area (Å²) in [5.74, 6) is 0.163. The summed E-state index contributed by atoms with van der Waals surface area (Å²) >= 11 is 0. The summed E-state index contributed by atoms with van der Waals surface area (Å²) in [6, 6.07) is 8.29. The third-order valence-electron chi connectivity index (χ3n) is 5.05. The van der Waals surface area contributed by atoms with Crippen LogP contribution in [0.3, 0.4) is 0 Å². The molecule has 0 aromatic carbocycles. The van der Waals surface area contributed by atoms with E-state index in [-0.39, 0.29) is 30.7 Å². The highest BCUT2D eigenvalue weighted by molar-refractivity contribution is 5.96. The average molecular weight is 413 g/mol. The summed E-state index contributed by atoms with van der Waals surface area (Å²) in [5.41, 5.74) is 3.97. The van der Waals surface area contributed by atoms with Crippen molar-refractivity contribution in [1.82, 2.24) is 19.8 Å². The highest BCUT2D eigenvalue weighted by Crippen LogP contribution is 2.21. The molecule has 0 bridgehead atoms. The highest BCUT2D eigenvalue weighted by Gasteiger charge is 2.28. The van der Waals surface area contributed by atoms with Crippen molar-refractivity contribution < 1.29 is 4.79 Å². The standard InChI is InChI=1S/C20H28N4O.2ClH/c1-4-11-23(18-8-10-21-13-18)20(25)19-12-15(2)24(16(19)3)14-17-7-5-6-9-22-17;;/h5-7,9,12,18,21H,4,8,10-11,13-14H2,1-3H3;2*1H. The van der Waals surface area contributed by atoms with Crippen LogP contribution in [0.25, 0.3) is 0 Å². The number of carbonyl (C=O) groups is 1. The van der Waals surface area contributed by atoms with Gasteiger partial charge in [-0.05, 0) is 51.4 Å². The number of rotatable bonds is 6. The van der Waals surface area contributed by atoms with Crippen molar-refractivity contribution in [1.29, 1.82) is 0 Å². The summed E-state index contributed by atoms with van der Waals surface area (Å²) in [6.45, 7) is 9.65. The van der Waals surface area contributed by atoms with E-state index in [0.29, 0.717) is 12.6 Å². The molecule has 5 nitrogen and oxygen atoms in total. The zero-order valence-electron chi connectivity index (χ0n) is 16.3. The van der Waals surface area contributed by atoms with Gasteiger partial charge in [-0.3, -0.25) is 9.78 Å². The minimum absolute atomic E-state index is 0. The van der Waals surface area contributed by atoms with Gasteiger partial charge in [-0.2, -0.15) is 0 Å². The molecule has 0 aliphatic carbocycles. The summed E-state index contributed by atoms with van der Waals surface area (Å²) in [6.07, 6.45) is 3.83. The lowest BCUT2D eigenvalue weighted by Crippen LogP contribution is -2.42. The molecule has 7 heteroatoms. The Morgan fingerprint density at radius 2 is 2.11 bits per heavy atom. The van der Waals surface area contributed by atoms with Crippen LogP contribution in [0.4, 0.5) is 0 Å². The van der Waals surface area contributed by atoms with E-state index >= 15 is 0 Å². The molecule has 1 N–H and O–H groups in total. The maximum Gasteiger partial charge on any atom is 0.255 e. The van der Waals surface area contributed by atoms with Gasteiger partial charge in [0, 0.05) is 36.7 Å². The summed E-state index contributed by atoms with van der Waals surface area (Å²) in [4.78, 5) is 19.7. The molecule has 3 heterocycles. The fraction of sp³-hybridized carbons (Fsp3) is 0.500. The molecule has 1 amide bonds. The second kappa shape index (κ2) is 10.7. The minimum Gasteiger partial charge on any atom is -0.342 e. The molecule has 1 saturated heterocycles. The molecule has 0 radical (unpaired) electrons. The smallest absolute Gasteiger partial charge is 0.255 e. The second-order valence-electron chi connectivity index (χ2n) is 6.84. The largest absolute Gasteiger partial charge is 0.342 e. The van der Waals surface area contributed by atoms with Crippen molar-refractivity contribution in [2.24, 2.45) is 0 Å². The zero-order chi connectivity index (χ0) is 17.8. The van der Waals surface area contributed by atoms with Crippen molar-refractivity contribution >= 4 is 30.7 Å². The molecule has 1 unspecified atom stereocenters. The van der Waals surface area contributed by atoms with Crippen LogP contribution in [0.5, 0.6) is 0 Å². The van der Waals surface area contributed by atoms with Gasteiger partial charge in [0.2, 0.25) is 0 Å². The quantitative estimate of drug-likeness (QED) is 0.787. The molecule has 1 aliphatic rings. The number of nitrogens with zero attached hydrogens (tertiary/aromatic N) is 3. The van der Waals surface area contributed by atoms with Crippen molar-refractivity contribution in [2.75, 3.05) is 19.6 Å². The third kappa shape index (κ3) is 5.24. The van der Waals surface area contributed by atoms with Gasteiger partial charge in [-0.25, -0.2) is 0 Å². The molecule has 27 heavy (non-hydrogen) atoms. The van der Waals surface area contributed by atoms with E-state index in [9.17, 15) is 4.79 Å². The fourth-order valence-corrected chi connectivity index (χ4v) is 3.67. The van der Waals surface area contributed by atoms with Crippen LogP contribution in [0.1, 0.15) is 47.2 Å². The maximum atomic E-state index is 13.2. The number of carbonyl (C=O) groups excluding carboxylic acids is 1. The number of aryl methyl sites for hydroxylation is 1. The summed E-state index contributed by atoms with van der Waals surface area (Å²) < 4.78 is 2.19. The number of pyridine rings is 1. The SMILES string of the molecule is CCCN(C(=O)c1cc(C)n(Cc2ccccn2)c1C)C1CCNC1.Cl.Cl. The van der Waals surface area contributed by atoms with Crippen molar-refractivity contribution in [3.8, 4) is 0 Å². The molecule has 1 aliphatic heterocycles. The van der Waals surface area contributed by atoms with E-state index in [4.69, 9.17) is 0 Å². The number of halogens is 2. The first-order valence-electron chi connectivity index (χ1n) is 9.20. The first-order chi connectivity index (χ1) is 12.1. The van der Waals surface area contributed by atoms with Gasteiger partial charge in [0.15, 0.2) is 0 Å².